The molecule has 0 N–H and O–H groups in total. The van der Waals surface area contributed by atoms with Crippen molar-refractivity contribution >= 4 is 28.5 Å². The van der Waals surface area contributed by atoms with Crippen LogP contribution in [0.15, 0.2) is 53.5 Å². The van der Waals surface area contributed by atoms with Gasteiger partial charge in [-0.3, -0.25) is 9.69 Å². The summed E-state index contributed by atoms with van der Waals surface area (Å²) in [6.07, 6.45) is 0.557. The van der Waals surface area contributed by atoms with Crippen LogP contribution in [0.1, 0.15) is 12.5 Å². The molecule has 1 aliphatic rings. The maximum atomic E-state index is 13.0. The minimum absolute atomic E-state index is 0.0455. The molecule has 3 rings (SSSR count). The zero-order valence-corrected chi connectivity index (χ0v) is 14.9. The van der Waals surface area contributed by atoms with Crippen LogP contribution in [0.25, 0.3) is 0 Å². The van der Waals surface area contributed by atoms with Gasteiger partial charge in [-0.1, -0.05) is 23.9 Å². The summed E-state index contributed by atoms with van der Waals surface area (Å²) < 4.78 is 18.2. The molecule has 0 bridgehead atoms. The molecule has 1 amide bonds. The summed E-state index contributed by atoms with van der Waals surface area (Å²) in [5.74, 6) is 0.538. The lowest BCUT2D eigenvalue weighted by atomic mass is 10.1. The number of amidine groups is 1. The maximum absolute atomic E-state index is 13.0. The molecular formula is C19H19FN2O2S. The summed E-state index contributed by atoms with van der Waals surface area (Å²) in [6, 6.07) is 13.7. The van der Waals surface area contributed by atoms with Crippen LogP contribution in [-0.2, 0) is 11.2 Å². The minimum atomic E-state index is -0.272. The number of ether oxygens (including phenoxy) is 1. The molecule has 1 fully saturated rings. The third-order valence-electron chi connectivity index (χ3n) is 3.97. The van der Waals surface area contributed by atoms with E-state index in [2.05, 4.69) is 4.99 Å². The van der Waals surface area contributed by atoms with Crippen LogP contribution in [0.5, 0.6) is 5.75 Å². The number of rotatable bonds is 5. The lowest BCUT2D eigenvalue weighted by Gasteiger charge is -2.13. The van der Waals surface area contributed by atoms with Crippen molar-refractivity contribution < 1.29 is 13.9 Å². The van der Waals surface area contributed by atoms with Crippen LogP contribution in [0.2, 0.25) is 0 Å². The van der Waals surface area contributed by atoms with Crippen molar-refractivity contribution in [2.24, 2.45) is 4.99 Å². The first kappa shape index (κ1) is 17.5. The highest BCUT2D eigenvalue weighted by Gasteiger charge is 2.36. The normalized spacial score (nSPS) is 18.8. The summed E-state index contributed by atoms with van der Waals surface area (Å²) in [4.78, 5) is 18.9. The van der Waals surface area contributed by atoms with Gasteiger partial charge in [0.1, 0.15) is 11.6 Å². The third kappa shape index (κ3) is 4.02. The Bertz CT molecular complexity index is 775. The van der Waals surface area contributed by atoms with Gasteiger partial charge in [0.15, 0.2) is 5.17 Å². The van der Waals surface area contributed by atoms with Crippen molar-refractivity contribution in [1.82, 2.24) is 4.90 Å². The highest BCUT2D eigenvalue weighted by molar-refractivity contribution is 8.15. The van der Waals surface area contributed by atoms with E-state index in [4.69, 9.17) is 4.74 Å². The summed E-state index contributed by atoms with van der Waals surface area (Å²) >= 11 is 1.46. The van der Waals surface area contributed by atoms with Gasteiger partial charge in [0.2, 0.25) is 5.91 Å². The molecule has 2 aromatic rings. The van der Waals surface area contributed by atoms with Gasteiger partial charge in [0.25, 0.3) is 0 Å². The van der Waals surface area contributed by atoms with Gasteiger partial charge in [-0.25, -0.2) is 9.38 Å². The van der Waals surface area contributed by atoms with E-state index in [0.717, 1.165) is 17.0 Å². The summed E-state index contributed by atoms with van der Waals surface area (Å²) in [6.45, 7) is 2.50. The van der Waals surface area contributed by atoms with E-state index in [1.807, 2.05) is 31.2 Å². The number of carbonyl (C=O) groups is 1. The number of benzene rings is 2. The Morgan fingerprint density at radius 1 is 1.16 bits per heavy atom. The van der Waals surface area contributed by atoms with E-state index in [1.54, 1.807) is 24.1 Å². The van der Waals surface area contributed by atoms with Gasteiger partial charge in [0.05, 0.1) is 18.0 Å². The molecular weight excluding hydrogens is 339 g/mol. The molecule has 1 aliphatic heterocycles. The average molecular weight is 358 g/mol. The zero-order chi connectivity index (χ0) is 17.8. The molecule has 0 saturated carbocycles. The van der Waals surface area contributed by atoms with Gasteiger partial charge in [-0.2, -0.15) is 0 Å². The van der Waals surface area contributed by atoms with Crippen molar-refractivity contribution in [3.63, 3.8) is 0 Å². The number of hydrogen-bond acceptors (Lipinski definition) is 4. The van der Waals surface area contributed by atoms with Gasteiger partial charge in [-0.05, 0) is 55.3 Å². The van der Waals surface area contributed by atoms with Crippen molar-refractivity contribution in [2.75, 3.05) is 13.7 Å². The number of hydrogen-bond donors (Lipinski definition) is 0. The predicted octanol–water partition coefficient (Wildman–Crippen LogP) is 4.03. The molecule has 0 aliphatic carbocycles. The highest BCUT2D eigenvalue weighted by atomic mass is 32.2. The fourth-order valence-corrected chi connectivity index (χ4v) is 3.88. The largest absolute Gasteiger partial charge is 0.497 e. The maximum Gasteiger partial charge on any atom is 0.242 e. The molecule has 1 saturated heterocycles. The first-order valence-electron chi connectivity index (χ1n) is 8.06. The molecule has 4 nitrogen and oxygen atoms in total. The number of halogens is 1. The van der Waals surface area contributed by atoms with Crippen LogP contribution in [0.4, 0.5) is 10.1 Å². The molecule has 25 heavy (non-hydrogen) atoms. The number of methoxy groups -OCH3 is 1. The molecule has 1 heterocycles. The second-order valence-corrected chi connectivity index (χ2v) is 6.78. The molecule has 130 valence electrons. The molecule has 0 radical (unpaired) electrons. The van der Waals surface area contributed by atoms with Crippen molar-refractivity contribution in [3.05, 3.63) is 59.9 Å². The predicted molar refractivity (Wildman–Crippen MR) is 99.0 cm³/mol. The smallest absolute Gasteiger partial charge is 0.242 e. The Kier molecular flexibility index (Phi) is 5.38. The van der Waals surface area contributed by atoms with Crippen molar-refractivity contribution in [3.8, 4) is 5.75 Å². The zero-order valence-electron chi connectivity index (χ0n) is 14.1. The van der Waals surface area contributed by atoms with Gasteiger partial charge in [0, 0.05) is 6.54 Å². The quantitative estimate of drug-likeness (QED) is 0.810. The first-order valence-corrected chi connectivity index (χ1v) is 8.94. The summed E-state index contributed by atoms with van der Waals surface area (Å²) in [5, 5.41) is 0.465. The second-order valence-electron chi connectivity index (χ2n) is 5.61. The third-order valence-corrected chi connectivity index (χ3v) is 5.14. The Labute approximate surface area is 150 Å². The molecule has 0 unspecified atom stereocenters. The lowest BCUT2D eigenvalue weighted by Crippen LogP contribution is -2.32. The summed E-state index contributed by atoms with van der Waals surface area (Å²) in [5.41, 5.74) is 1.71. The fraction of sp³-hybridized carbons (Fsp3) is 0.263. The van der Waals surface area contributed by atoms with E-state index >= 15 is 0 Å². The average Bonchev–Trinajstić information content (AvgIpc) is 2.92. The number of carbonyl (C=O) groups excluding carboxylic acids is 1. The fourth-order valence-electron chi connectivity index (χ4n) is 2.62. The Morgan fingerprint density at radius 3 is 2.44 bits per heavy atom. The van der Waals surface area contributed by atoms with Crippen molar-refractivity contribution in [1.29, 1.82) is 0 Å². The van der Waals surface area contributed by atoms with Crippen LogP contribution >= 0.6 is 11.8 Å². The van der Waals surface area contributed by atoms with E-state index < -0.39 is 0 Å². The first-order chi connectivity index (χ1) is 12.1. The van der Waals surface area contributed by atoms with Crippen LogP contribution in [-0.4, -0.2) is 34.9 Å². The van der Waals surface area contributed by atoms with E-state index in [-0.39, 0.29) is 17.0 Å². The minimum Gasteiger partial charge on any atom is -0.497 e. The van der Waals surface area contributed by atoms with Crippen molar-refractivity contribution in [2.45, 2.75) is 18.6 Å². The molecule has 0 spiro atoms. The van der Waals surface area contributed by atoms with Crippen LogP contribution in [0.3, 0.4) is 0 Å². The van der Waals surface area contributed by atoms with Gasteiger partial charge < -0.3 is 4.74 Å². The van der Waals surface area contributed by atoms with Gasteiger partial charge >= 0.3 is 0 Å². The Morgan fingerprint density at radius 2 is 1.84 bits per heavy atom. The Hall–Kier alpha value is -2.34. The molecule has 2 aromatic carbocycles. The molecule has 6 heteroatoms. The van der Waals surface area contributed by atoms with E-state index in [9.17, 15) is 9.18 Å². The van der Waals surface area contributed by atoms with E-state index in [0.29, 0.717) is 18.1 Å². The summed E-state index contributed by atoms with van der Waals surface area (Å²) in [7, 11) is 1.62. The topological polar surface area (TPSA) is 41.9 Å². The Balaban J connectivity index is 1.79. The monoisotopic (exact) mass is 358 g/mol. The second kappa shape index (κ2) is 7.70. The lowest BCUT2D eigenvalue weighted by molar-refractivity contribution is -0.126. The number of aliphatic imine (C=N–C) groups is 1. The number of amides is 1. The number of thioether (sulfide) groups is 1. The number of nitrogens with zero attached hydrogens (tertiary/aromatic N) is 2. The molecule has 0 aromatic heterocycles. The SMILES string of the molecule is CCN1C(=O)[C@@H](Cc2ccc(F)cc2)SC1=Nc1ccc(OC)cc1. The van der Waals surface area contributed by atoms with Gasteiger partial charge in [-0.15, -0.1) is 0 Å². The van der Waals surface area contributed by atoms with Crippen LogP contribution < -0.4 is 4.74 Å². The van der Waals surface area contributed by atoms with E-state index in [1.165, 1.54) is 23.9 Å². The standard InChI is InChI=1S/C19H19FN2O2S/c1-3-22-18(23)17(12-13-4-6-14(20)7-5-13)25-19(22)21-15-8-10-16(24-2)11-9-15/h4-11,17H,3,12H2,1-2H3/t17-/m1/s1. The highest BCUT2D eigenvalue weighted by Crippen LogP contribution is 2.32. The van der Waals surface area contributed by atoms with Crippen LogP contribution in [0, 0.1) is 5.82 Å². The molecule has 1 atom stereocenters.